The molecule has 2 aromatic carbocycles. The molecule has 0 spiro atoms. The summed E-state index contributed by atoms with van der Waals surface area (Å²) in [5.41, 5.74) is 4.72. The molecule has 2 aromatic rings. The summed E-state index contributed by atoms with van der Waals surface area (Å²) in [6.07, 6.45) is 0. The summed E-state index contributed by atoms with van der Waals surface area (Å²) in [6.45, 7) is 2.93. The molecule has 0 saturated heterocycles. The van der Waals surface area contributed by atoms with Crippen LogP contribution in [-0.4, -0.2) is 7.05 Å². The van der Waals surface area contributed by atoms with E-state index in [1.807, 2.05) is 13.1 Å². The zero-order valence-electron chi connectivity index (χ0n) is 10.1. The van der Waals surface area contributed by atoms with Gasteiger partial charge in [-0.1, -0.05) is 53.6 Å². The molecule has 0 heterocycles. The van der Waals surface area contributed by atoms with Gasteiger partial charge in [-0.05, 0) is 31.2 Å². The van der Waals surface area contributed by atoms with Crippen LogP contribution in [0.3, 0.4) is 0 Å². The lowest BCUT2D eigenvalue weighted by Gasteiger charge is -2.08. The normalized spacial score (nSPS) is 10.5. The highest BCUT2D eigenvalue weighted by molar-refractivity contribution is 6.33. The van der Waals surface area contributed by atoms with Gasteiger partial charge < -0.3 is 5.32 Å². The van der Waals surface area contributed by atoms with E-state index >= 15 is 0 Å². The maximum Gasteiger partial charge on any atom is 0.0487 e. The van der Waals surface area contributed by atoms with Crippen LogP contribution in [0.4, 0.5) is 0 Å². The van der Waals surface area contributed by atoms with Gasteiger partial charge in [-0.25, -0.2) is 0 Å². The Bertz CT molecular complexity index is 520. The van der Waals surface area contributed by atoms with Crippen LogP contribution < -0.4 is 5.32 Å². The highest BCUT2D eigenvalue weighted by Gasteiger charge is 2.04. The van der Waals surface area contributed by atoms with Gasteiger partial charge in [0.2, 0.25) is 0 Å². The van der Waals surface area contributed by atoms with Crippen molar-refractivity contribution in [2.45, 2.75) is 13.5 Å². The SMILES string of the molecule is CNCc1ccc(-c2cccc(C)c2)c(Cl)c1. The Morgan fingerprint density at radius 1 is 1.12 bits per heavy atom. The number of benzene rings is 2. The summed E-state index contributed by atoms with van der Waals surface area (Å²) in [7, 11) is 1.93. The molecule has 0 aliphatic heterocycles. The molecule has 0 saturated carbocycles. The van der Waals surface area contributed by atoms with Crippen LogP contribution >= 0.6 is 11.6 Å². The van der Waals surface area contributed by atoms with Gasteiger partial charge in [0.15, 0.2) is 0 Å². The van der Waals surface area contributed by atoms with Crippen LogP contribution in [0, 0.1) is 6.92 Å². The molecule has 2 rings (SSSR count). The molecular formula is C15H16ClN. The number of aryl methyl sites for hydroxylation is 1. The highest BCUT2D eigenvalue weighted by atomic mass is 35.5. The van der Waals surface area contributed by atoms with Crippen LogP contribution in [0.1, 0.15) is 11.1 Å². The zero-order chi connectivity index (χ0) is 12.3. The number of halogens is 1. The maximum absolute atomic E-state index is 6.32. The van der Waals surface area contributed by atoms with Gasteiger partial charge in [0.1, 0.15) is 0 Å². The van der Waals surface area contributed by atoms with Crippen molar-refractivity contribution in [3.05, 3.63) is 58.6 Å². The molecule has 88 valence electrons. The van der Waals surface area contributed by atoms with E-state index in [0.29, 0.717) is 0 Å². The van der Waals surface area contributed by atoms with Crippen molar-refractivity contribution < 1.29 is 0 Å². The highest BCUT2D eigenvalue weighted by Crippen LogP contribution is 2.29. The Morgan fingerprint density at radius 2 is 1.94 bits per heavy atom. The second-order valence-corrected chi connectivity index (χ2v) is 4.62. The number of rotatable bonds is 3. The van der Waals surface area contributed by atoms with Crippen molar-refractivity contribution in [3.63, 3.8) is 0 Å². The first kappa shape index (κ1) is 12.2. The zero-order valence-corrected chi connectivity index (χ0v) is 10.9. The number of hydrogen-bond acceptors (Lipinski definition) is 1. The molecule has 0 aliphatic carbocycles. The van der Waals surface area contributed by atoms with Crippen LogP contribution in [0.15, 0.2) is 42.5 Å². The minimum atomic E-state index is 0.809. The van der Waals surface area contributed by atoms with Crippen molar-refractivity contribution in [1.82, 2.24) is 5.32 Å². The minimum absolute atomic E-state index is 0.809. The second-order valence-electron chi connectivity index (χ2n) is 4.21. The van der Waals surface area contributed by atoms with Gasteiger partial charge in [0.25, 0.3) is 0 Å². The minimum Gasteiger partial charge on any atom is -0.316 e. The third-order valence-corrected chi connectivity index (χ3v) is 3.06. The van der Waals surface area contributed by atoms with Gasteiger partial charge in [-0.2, -0.15) is 0 Å². The fourth-order valence-electron chi connectivity index (χ4n) is 1.92. The first-order valence-electron chi connectivity index (χ1n) is 5.71. The predicted molar refractivity (Wildman–Crippen MR) is 74.4 cm³/mol. The predicted octanol–water partition coefficient (Wildman–Crippen LogP) is 4.03. The van der Waals surface area contributed by atoms with Gasteiger partial charge in [-0.15, -0.1) is 0 Å². The Morgan fingerprint density at radius 3 is 2.59 bits per heavy atom. The molecule has 17 heavy (non-hydrogen) atoms. The third kappa shape index (κ3) is 2.87. The standard InChI is InChI=1S/C15H16ClN/c1-11-4-3-5-13(8-11)14-7-6-12(10-17-2)9-15(14)16/h3-9,17H,10H2,1-2H3. The van der Waals surface area contributed by atoms with Gasteiger partial charge in [0.05, 0.1) is 0 Å². The average Bonchev–Trinajstić information content (AvgIpc) is 2.29. The molecule has 0 aromatic heterocycles. The lowest BCUT2D eigenvalue weighted by molar-refractivity contribution is 0.818. The Labute approximate surface area is 107 Å². The number of hydrogen-bond donors (Lipinski definition) is 1. The molecule has 0 fully saturated rings. The van der Waals surface area contributed by atoms with Gasteiger partial charge in [0, 0.05) is 17.1 Å². The Hall–Kier alpha value is -1.31. The first-order chi connectivity index (χ1) is 8.20. The summed E-state index contributed by atoms with van der Waals surface area (Å²) in [4.78, 5) is 0. The van der Waals surface area contributed by atoms with Crippen molar-refractivity contribution in [1.29, 1.82) is 0 Å². The average molecular weight is 246 g/mol. The fraction of sp³-hybridized carbons (Fsp3) is 0.200. The lowest BCUT2D eigenvalue weighted by Crippen LogP contribution is -2.04. The van der Waals surface area contributed by atoms with Crippen molar-refractivity contribution in [2.24, 2.45) is 0 Å². The largest absolute Gasteiger partial charge is 0.316 e. The molecule has 0 unspecified atom stereocenters. The molecule has 1 N–H and O–H groups in total. The lowest BCUT2D eigenvalue weighted by atomic mass is 10.0. The van der Waals surface area contributed by atoms with Crippen molar-refractivity contribution >= 4 is 11.6 Å². The summed E-state index contributed by atoms with van der Waals surface area (Å²) >= 11 is 6.32. The molecule has 0 bridgehead atoms. The van der Waals surface area contributed by atoms with Crippen molar-refractivity contribution in [3.8, 4) is 11.1 Å². The molecule has 1 nitrogen and oxygen atoms in total. The summed E-state index contributed by atoms with van der Waals surface area (Å²) in [5.74, 6) is 0. The molecule has 0 atom stereocenters. The van der Waals surface area contributed by atoms with Crippen LogP contribution in [0.5, 0.6) is 0 Å². The van der Waals surface area contributed by atoms with Crippen LogP contribution in [0.2, 0.25) is 5.02 Å². The first-order valence-corrected chi connectivity index (χ1v) is 6.08. The third-order valence-electron chi connectivity index (χ3n) is 2.74. The van der Waals surface area contributed by atoms with Crippen LogP contribution in [0.25, 0.3) is 11.1 Å². The monoisotopic (exact) mass is 245 g/mol. The second kappa shape index (κ2) is 5.35. The fourth-order valence-corrected chi connectivity index (χ4v) is 2.23. The smallest absolute Gasteiger partial charge is 0.0487 e. The summed E-state index contributed by atoms with van der Waals surface area (Å²) in [6, 6.07) is 14.6. The molecule has 0 aliphatic rings. The summed E-state index contributed by atoms with van der Waals surface area (Å²) in [5, 5.41) is 3.93. The molecule has 2 heteroatoms. The van der Waals surface area contributed by atoms with Gasteiger partial charge >= 0.3 is 0 Å². The van der Waals surface area contributed by atoms with E-state index in [4.69, 9.17) is 11.6 Å². The van der Waals surface area contributed by atoms with E-state index in [-0.39, 0.29) is 0 Å². The van der Waals surface area contributed by atoms with E-state index in [1.54, 1.807) is 0 Å². The Balaban J connectivity index is 2.39. The maximum atomic E-state index is 6.32. The summed E-state index contributed by atoms with van der Waals surface area (Å²) < 4.78 is 0. The van der Waals surface area contributed by atoms with E-state index in [9.17, 15) is 0 Å². The molecule has 0 amide bonds. The van der Waals surface area contributed by atoms with E-state index in [1.165, 1.54) is 16.7 Å². The topological polar surface area (TPSA) is 12.0 Å². The van der Waals surface area contributed by atoms with E-state index in [0.717, 1.165) is 17.1 Å². The molecule has 0 radical (unpaired) electrons. The van der Waals surface area contributed by atoms with Gasteiger partial charge in [-0.3, -0.25) is 0 Å². The quantitative estimate of drug-likeness (QED) is 0.861. The Kier molecular flexibility index (Phi) is 3.82. The van der Waals surface area contributed by atoms with E-state index in [2.05, 4.69) is 48.6 Å². The van der Waals surface area contributed by atoms with Crippen molar-refractivity contribution in [2.75, 3.05) is 7.05 Å². The van der Waals surface area contributed by atoms with Crippen LogP contribution in [-0.2, 0) is 6.54 Å². The molecular weight excluding hydrogens is 230 g/mol. The van der Waals surface area contributed by atoms with E-state index < -0.39 is 0 Å². The number of nitrogens with one attached hydrogen (secondary N) is 1.